The lowest BCUT2D eigenvalue weighted by molar-refractivity contribution is 0.0472. The van der Waals surface area contributed by atoms with Crippen molar-refractivity contribution < 1.29 is 13.9 Å². The van der Waals surface area contributed by atoms with Crippen LogP contribution in [0.2, 0.25) is 5.02 Å². The average Bonchev–Trinajstić information content (AvgIpc) is 2.42. The van der Waals surface area contributed by atoms with Gasteiger partial charge in [0.25, 0.3) is 0 Å². The van der Waals surface area contributed by atoms with Gasteiger partial charge in [0.1, 0.15) is 12.4 Å². The van der Waals surface area contributed by atoms with E-state index in [1.165, 1.54) is 24.3 Å². The number of hydrogen-bond acceptors (Lipinski definition) is 3. The van der Waals surface area contributed by atoms with Crippen molar-refractivity contribution in [2.75, 3.05) is 5.73 Å². The Kier molecular flexibility index (Phi) is 4.62. The fourth-order valence-electron chi connectivity index (χ4n) is 1.55. The van der Waals surface area contributed by atoms with E-state index >= 15 is 0 Å². The summed E-state index contributed by atoms with van der Waals surface area (Å²) in [6.45, 7) is -0.106. The van der Waals surface area contributed by atoms with Gasteiger partial charge in [0.05, 0.1) is 5.56 Å². The summed E-state index contributed by atoms with van der Waals surface area (Å²) < 4.78 is 18.9. The summed E-state index contributed by atoms with van der Waals surface area (Å²) >= 11 is 9.12. The first-order valence-electron chi connectivity index (χ1n) is 5.63. The Morgan fingerprint density at radius 1 is 1.30 bits per heavy atom. The van der Waals surface area contributed by atoms with E-state index in [0.717, 1.165) is 0 Å². The first-order chi connectivity index (χ1) is 9.47. The largest absolute Gasteiger partial charge is 0.457 e. The predicted molar refractivity (Wildman–Crippen MR) is 79.1 cm³/mol. The van der Waals surface area contributed by atoms with Crippen LogP contribution in [0.25, 0.3) is 0 Å². The maximum Gasteiger partial charge on any atom is 0.338 e. The molecule has 0 saturated carbocycles. The quantitative estimate of drug-likeness (QED) is 0.661. The molecule has 2 aromatic carbocycles. The molecule has 0 unspecified atom stereocenters. The monoisotopic (exact) mass is 357 g/mol. The van der Waals surface area contributed by atoms with Crippen molar-refractivity contribution in [3.8, 4) is 0 Å². The Morgan fingerprint density at radius 2 is 2.05 bits per heavy atom. The van der Waals surface area contributed by atoms with E-state index in [1.54, 1.807) is 12.1 Å². The Bertz CT molecular complexity index is 664. The predicted octanol–water partition coefficient (Wildman–Crippen LogP) is 4.18. The molecule has 0 aromatic heterocycles. The van der Waals surface area contributed by atoms with Gasteiger partial charge in [-0.1, -0.05) is 11.6 Å². The summed E-state index contributed by atoms with van der Waals surface area (Å²) in [6.07, 6.45) is 0. The van der Waals surface area contributed by atoms with E-state index in [9.17, 15) is 9.18 Å². The van der Waals surface area contributed by atoms with Gasteiger partial charge in [-0.3, -0.25) is 0 Å². The highest BCUT2D eigenvalue weighted by atomic mass is 79.9. The smallest absolute Gasteiger partial charge is 0.338 e. The maximum atomic E-state index is 13.1. The fourth-order valence-corrected chi connectivity index (χ4v) is 1.97. The third-order valence-electron chi connectivity index (χ3n) is 2.60. The number of carbonyl (C=O) groups is 1. The highest BCUT2D eigenvalue weighted by Crippen LogP contribution is 2.22. The molecule has 104 valence electrons. The van der Waals surface area contributed by atoms with E-state index in [4.69, 9.17) is 22.1 Å². The first kappa shape index (κ1) is 14.8. The molecule has 0 saturated heterocycles. The second-order valence-corrected chi connectivity index (χ2v) is 5.31. The Morgan fingerprint density at radius 3 is 2.75 bits per heavy atom. The molecule has 0 aliphatic heterocycles. The van der Waals surface area contributed by atoms with Crippen LogP contribution in [0.3, 0.4) is 0 Å². The lowest BCUT2D eigenvalue weighted by atomic mass is 10.2. The van der Waals surface area contributed by atoms with Crippen LogP contribution >= 0.6 is 27.5 Å². The summed E-state index contributed by atoms with van der Waals surface area (Å²) in [7, 11) is 0. The molecule has 20 heavy (non-hydrogen) atoms. The highest BCUT2D eigenvalue weighted by Gasteiger charge is 2.11. The van der Waals surface area contributed by atoms with Crippen molar-refractivity contribution in [2.45, 2.75) is 6.61 Å². The highest BCUT2D eigenvalue weighted by molar-refractivity contribution is 9.10. The maximum absolute atomic E-state index is 13.1. The number of rotatable bonds is 3. The van der Waals surface area contributed by atoms with Crippen molar-refractivity contribution in [1.82, 2.24) is 0 Å². The van der Waals surface area contributed by atoms with Crippen LogP contribution in [0, 0.1) is 5.82 Å². The van der Waals surface area contributed by atoms with Gasteiger partial charge < -0.3 is 10.5 Å². The molecule has 3 nitrogen and oxygen atoms in total. The molecule has 2 aromatic rings. The molecule has 0 aliphatic rings. The minimum atomic E-state index is -0.551. The van der Waals surface area contributed by atoms with Gasteiger partial charge in [-0.2, -0.15) is 0 Å². The second-order valence-electron chi connectivity index (χ2n) is 4.05. The van der Waals surface area contributed by atoms with Crippen LogP contribution in [0.4, 0.5) is 10.1 Å². The van der Waals surface area contributed by atoms with Crippen LogP contribution in [-0.4, -0.2) is 5.97 Å². The molecule has 0 amide bonds. The topological polar surface area (TPSA) is 52.3 Å². The third-order valence-corrected chi connectivity index (χ3v) is 3.69. The minimum Gasteiger partial charge on any atom is -0.457 e. The SMILES string of the molecule is Nc1cc(C(=O)OCc2cc(F)ccc2Cl)ccc1Br. The van der Waals surface area contributed by atoms with Crippen molar-refractivity contribution in [1.29, 1.82) is 0 Å². The minimum absolute atomic E-state index is 0.106. The molecular weight excluding hydrogens is 349 g/mol. The van der Waals surface area contributed by atoms with Crippen LogP contribution in [0.15, 0.2) is 40.9 Å². The number of hydrogen-bond donors (Lipinski definition) is 1. The zero-order chi connectivity index (χ0) is 14.7. The van der Waals surface area contributed by atoms with Crippen molar-refractivity contribution >= 4 is 39.2 Å². The number of anilines is 1. The Hall–Kier alpha value is -1.59. The van der Waals surface area contributed by atoms with Gasteiger partial charge in [-0.15, -0.1) is 0 Å². The van der Waals surface area contributed by atoms with Gasteiger partial charge >= 0.3 is 5.97 Å². The van der Waals surface area contributed by atoms with Crippen LogP contribution in [0.1, 0.15) is 15.9 Å². The molecular formula is C14H10BrClFNO2. The zero-order valence-corrected chi connectivity index (χ0v) is 12.5. The molecule has 0 bridgehead atoms. The van der Waals surface area contributed by atoms with Crippen LogP contribution < -0.4 is 5.73 Å². The molecule has 0 aliphatic carbocycles. The summed E-state index contributed by atoms with van der Waals surface area (Å²) in [4.78, 5) is 11.8. The number of esters is 1. The molecule has 0 radical (unpaired) electrons. The van der Waals surface area contributed by atoms with Gasteiger partial charge in [0, 0.05) is 20.7 Å². The second kappa shape index (κ2) is 6.24. The van der Waals surface area contributed by atoms with Crippen molar-refractivity contribution in [2.24, 2.45) is 0 Å². The van der Waals surface area contributed by atoms with Crippen molar-refractivity contribution in [3.63, 3.8) is 0 Å². The molecule has 2 N–H and O–H groups in total. The molecule has 0 fully saturated rings. The van der Waals surface area contributed by atoms with Crippen molar-refractivity contribution in [3.05, 3.63) is 62.8 Å². The molecule has 0 atom stereocenters. The lowest BCUT2D eigenvalue weighted by Gasteiger charge is -2.07. The molecule has 2 rings (SSSR count). The number of ether oxygens (including phenoxy) is 1. The van der Waals surface area contributed by atoms with E-state index in [-0.39, 0.29) is 6.61 Å². The summed E-state index contributed by atoms with van der Waals surface area (Å²) in [5.41, 5.74) is 6.84. The normalized spacial score (nSPS) is 10.3. The number of nitrogen functional groups attached to an aromatic ring is 1. The van der Waals surface area contributed by atoms with E-state index in [2.05, 4.69) is 15.9 Å². The fraction of sp³-hybridized carbons (Fsp3) is 0.0714. The molecule has 0 spiro atoms. The summed E-state index contributed by atoms with van der Waals surface area (Å²) in [5.74, 6) is -0.988. The van der Waals surface area contributed by atoms with Gasteiger partial charge in [0.15, 0.2) is 0 Å². The number of halogens is 3. The Labute approximate surface area is 128 Å². The summed E-state index contributed by atoms with van der Waals surface area (Å²) in [5, 5.41) is 0.342. The number of carbonyl (C=O) groups excluding carboxylic acids is 1. The zero-order valence-electron chi connectivity index (χ0n) is 10.2. The van der Waals surface area contributed by atoms with Crippen LogP contribution in [0.5, 0.6) is 0 Å². The average molecular weight is 359 g/mol. The molecule has 0 heterocycles. The van der Waals surface area contributed by atoms with E-state index in [1.807, 2.05) is 0 Å². The number of benzene rings is 2. The van der Waals surface area contributed by atoms with Gasteiger partial charge in [-0.25, -0.2) is 9.18 Å². The van der Waals surface area contributed by atoms with E-state index in [0.29, 0.717) is 26.3 Å². The third kappa shape index (κ3) is 3.49. The first-order valence-corrected chi connectivity index (χ1v) is 6.80. The standard InChI is InChI=1S/C14H10BrClFNO2/c15-11-3-1-8(6-13(11)18)14(19)20-7-9-5-10(17)2-4-12(9)16/h1-6H,7,18H2. The van der Waals surface area contributed by atoms with Gasteiger partial charge in [0.2, 0.25) is 0 Å². The van der Waals surface area contributed by atoms with Gasteiger partial charge in [-0.05, 0) is 52.3 Å². The summed E-state index contributed by atoms with van der Waals surface area (Å²) in [6, 6.07) is 8.61. The van der Waals surface area contributed by atoms with Crippen LogP contribution in [-0.2, 0) is 11.3 Å². The Balaban J connectivity index is 2.08. The lowest BCUT2D eigenvalue weighted by Crippen LogP contribution is -2.06. The number of nitrogens with two attached hydrogens (primary N) is 1. The van der Waals surface area contributed by atoms with E-state index < -0.39 is 11.8 Å². The molecule has 6 heteroatoms.